The molecule has 1 aliphatic rings. The van der Waals surface area contributed by atoms with E-state index in [0.717, 1.165) is 11.8 Å². The van der Waals surface area contributed by atoms with Gasteiger partial charge in [0.2, 0.25) is 14.7 Å². The molecule has 0 aromatic heterocycles. The molecule has 1 aliphatic heterocycles. The molecule has 1 rings (SSSR count). The highest BCUT2D eigenvalue weighted by molar-refractivity contribution is 8.93. The molecule has 0 aliphatic carbocycles. The van der Waals surface area contributed by atoms with Crippen LogP contribution in [0.3, 0.4) is 0 Å². The van der Waals surface area contributed by atoms with E-state index in [9.17, 15) is 8.42 Å². The van der Waals surface area contributed by atoms with Gasteiger partial charge < -0.3 is 0 Å². The molecule has 5 nitrogen and oxygen atoms in total. The van der Waals surface area contributed by atoms with Gasteiger partial charge in [0.25, 0.3) is 0 Å². The summed E-state index contributed by atoms with van der Waals surface area (Å²) in [4.78, 5) is 0. The number of primary sulfonamides is 1. The normalized spacial score (nSPS) is 23.5. The number of nitrogens with zero attached hydrogens (tertiary/aromatic N) is 1. The van der Waals surface area contributed by atoms with Crippen molar-refractivity contribution in [3.05, 3.63) is 0 Å². The molecule has 1 atom stereocenters. The van der Waals surface area contributed by atoms with E-state index in [-0.39, 0.29) is 17.0 Å². The van der Waals surface area contributed by atoms with Crippen LogP contribution in [0.25, 0.3) is 0 Å². The Hall–Kier alpha value is 0.210. The number of halogens is 1. The number of hydrazone groups is 1. The van der Waals surface area contributed by atoms with Crippen molar-refractivity contribution in [3.8, 4) is 0 Å². The van der Waals surface area contributed by atoms with Crippen LogP contribution in [0, 0.1) is 0 Å². The SMILES string of the molecule is Br.NS(=O)(=O)C1NN=CS1. The van der Waals surface area contributed by atoms with E-state index in [0.29, 0.717) is 0 Å². The lowest BCUT2D eigenvalue weighted by molar-refractivity contribution is 0.587. The standard InChI is InChI=1S/C2H5N3O2S2.BrH/c3-9(6,7)2-5-4-1-8-2;/h1-2,5H,(H2,3,6,7);1H. The molecular weight excluding hydrogens is 242 g/mol. The zero-order valence-corrected chi connectivity index (χ0v) is 8.07. The molecule has 0 saturated carbocycles. The number of rotatable bonds is 1. The topological polar surface area (TPSA) is 84.5 Å². The molecule has 0 fully saturated rings. The molecule has 60 valence electrons. The average Bonchev–Trinajstić information content (AvgIpc) is 2.08. The average molecular weight is 248 g/mol. The van der Waals surface area contributed by atoms with Crippen molar-refractivity contribution in [1.29, 1.82) is 0 Å². The maximum Gasteiger partial charge on any atom is 0.241 e. The van der Waals surface area contributed by atoms with Gasteiger partial charge in [-0.3, -0.25) is 5.43 Å². The van der Waals surface area contributed by atoms with Crippen molar-refractivity contribution in [1.82, 2.24) is 5.43 Å². The van der Waals surface area contributed by atoms with Crippen molar-refractivity contribution in [3.63, 3.8) is 0 Å². The lowest BCUT2D eigenvalue weighted by Crippen LogP contribution is -2.32. The molecule has 0 aromatic carbocycles. The first-order chi connectivity index (χ1) is 4.11. The fourth-order valence-electron chi connectivity index (χ4n) is 0.358. The number of hydrogen-bond donors (Lipinski definition) is 2. The maximum absolute atomic E-state index is 10.4. The van der Waals surface area contributed by atoms with E-state index in [4.69, 9.17) is 5.14 Å². The molecular formula is C2H6BrN3O2S2. The second-order valence-corrected chi connectivity index (χ2v) is 4.32. The number of nitrogens with two attached hydrogens (primary N) is 1. The summed E-state index contributed by atoms with van der Waals surface area (Å²) in [6, 6.07) is 0. The Balaban J connectivity index is 0.000000810. The van der Waals surface area contributed by atoms with Crippen LogP contribution in [0.2, 0.25) is 0 Å². The monoisotopic (exact) mass is 247 g/mol. The highest BCUT2D eigenvalue weighted by Crippen LogP contribution is 2.12. The summed E-state index contributed by atoms with van der Waals surface area (Å²) in [5.74, 6) is 0. The molecule has 0 spiro atoms. The fraction of sp³-hybridized carbons (Fsp3) is 0.500. The minimum absolute atomic E-state index is 0. The van der Waals surface area contributed by atoms with E-state index in [1.807, 2.05) is 0 Å². The first-order valence-corrected chi connectivity index (χ1v) is 4.60. The molecule has 0 radical (unpaired) electrons. The van der Waals surface area contributed by atoms with Crippen LogP contribution < -0.4 is 10.6 Å². The van der Waals surface area contributed by atoms with Crippen molar-refractivity contribution in [2.75, 3.05) is 0 Å². The Morgan fingerprint density at radius 3 is 2.50 bits per heavy atom. The van der Waals surface area contributed by atoms with Crippen molar-refractivity contribution >= 4 is 44.3 Å². The first kappa shape index (κ1) is 10.2. The van der Waals surface area contributed by atoms with Crippen LogP contribution in [0.4, 0.5) is 0 Å². The van der Waals surface area contributed by atoms with Gasteiger partial charge in [0, 0.05) is 0 Å². The summed E-state index contributed by atoms with van der Waals surface area (Å²) in [7, 11) is -3.48. The number of thioether (sulfide) groups is 1. The Morgan fingerprint density at radius 2 is 2.30 bits per heavy atom. The predicted molar refractivity (Wildman–Crippen MR) is 46.4 cm³/mol. The van der Waals surface area contributed by atoms with Crippen molar-refractivity contribution < 1.29 is 8.42 Å². The molecule has 10 heavy (non-hydrogen) atoms. The first-order valence-electron chi connectivity index (χ1n) is 2.05. The van der Waals surface area contributed by atoms with Crippen LogP contribution in [0.15, 0.2) is 5.10 Å². The highest BCUT2D eigenvalue weighted by atomic mass is 79.9. The summed E-state index contributed by atoms with van der Waals surface area (Å²) in [5.41, 5.74) is 3.71. The zero-order valence-electron chi connectivity index (χ0n) is 4.72. The summed E-state index contributed by atoms with van der Waals surface area (Å²) in [6.45, 7) is 0. The Bertz CT molecular complexity index is 217. The molecule has 8 heteroatoms. The zero-order chi connectivity index (χ0) is 6.91. The lowest BCUT2D eigenvalue weighted by Gasteiger charge is -2.02. The van der Waals surface area contributed by atoms with Gasteiger partial charge >= 0.3 is 0 Å². The predicted octanol–water partition coefficient (Wildman–Crippen LogP) is -0.584. The van der Waals surface area contributed by atoms with Crippen LogP contribution in [-0.2, 0) is 10.0 Å². The van der Waals surface area contributed by atoms with Crippen molar-refractivity contribution in [2.45, 2.75) is 4.71 Å². The van der Waals surface area contributed by atoms with Gasteiger partial charge in [0.05, 0.1) is 5.55 Å². The van der Waals surface area contributed by atoms with Gasteiger partial charge in [-0.05, 0) is 0 Å². The van der Waals surface area contributed by atoms with Crippen LogP contribution in [0.5, 0.6) is 0 Å². The van der Waals surface area contributed by atoms with Gasteiger partial charge in [0.1, 0.15) is 0 Å². The molecule has 3 N–H and O–H groups in total. The van der Waals surface area contributed by atoms with E-state index in [2.05, 4.69) is 10.5 Å². The molecule has 0 bridgehead atoms. The Kier molecular flexibility index (Phi) is 3.63. The minimum Gasteiger partial charge on any atom is -0.280 e. The summed E-state index contributed by atoms with van der Waals surface area (Å²) < 4.78 is 20.1. The maximum atomic E-state index is 10.4. The second kappa shape index (κ2) is 3.56. The third kappa shape index (κ3) is 2.45. The molecule has 0 saturated heterocycles. The largest absolute Gasteiger partial charge is 0.280 e. The van der Waals surface area contributed by atoms with Gasteiger partial charge in [-0.25, -0.2) is 13.6 Å². The number of hydrogen-bond acceptors (Lipinski definition) is 5. The summed E-state index contributed by atoms with van der Waals surface area (Å²) in [5, 5.41) is 8.21. The fourth-order valence-corrected chi connectivity index (χ4v) is 1.69. The van der Waals surface area contributed by atoms with E-state index in [1.165, 1.54) is 5.55 Å². The number of nitrogens with one attached hydrogen (secondary N) is 1. The van der Waals surface area contributed by atoms with E-state index in [1.54, 1.807) is 0 Å². The smallest absolute Gasteiger partial charge is 0.241 e. The second-order valence-electron chi connectivity index (χ2n) is 1.42. The molecule has 1 heterocycles. The summed E-state index contributed by atoms with van der Waals surface area (Å²) >= 11 is 1.03. The Morgan fingerprint density at radius 1 is 1.70 bits per heavy atom. The minimum atomic E-state index is -3.48. The van der Waals surface area contributed by atoms with Crippen molar-refractivity contribution in [2.24, 2.45) is 10.2 Å². The highest BCUT2D eigenvalue weighted by Gasteiger charge is 2.22. The van der Waals surface area contributed by atoms with Crippen LogP contribution in [-0.4, -0.2) is 18.7 Å². The van der Waals surface area contributed by atoms with Gasteiger partial charge in [0.15, 0.2) is 0 Å². The van der Waals surface area contributed by atoms with Crippen LogP contribution >= 0.6 is 28.7 Å². The lowest BCUT2D eigenvalue weighted by atomic mass is 11.4. The molecule has 1 unspecified atom stereocenters. The quantitative estimate of drug-likeness (QED) is 0.650. The molecule has 0 amide bonds. The summed E-state index contributed by atoms with van der Waals surface area (Å²) in [6.07, 6.45) is 0. The third-order valence-electron chi connectivity index (χ3n) is 0.715. The van der Waals surface area contributed by atoms with Gasteiger partial charge in [-0.2, -0.15) is 5.10 Å². The van der Waals surface area contributed by atoms with Gasteiger partial charge in [-0.1, -0.05) is 11.8 Å². The molecule has 0 aromatic rings. The van der Waals surface area contributed by atoms with E-state index >= 15 is 0 Å². The van der Waals surface area contributed by atoms with E-state index < -0.39 is 14.7 Å². The third-order valence-corrected chi connectivity index (χ3v) is 3.14. The number of sulfonamides is 1. The van der Waals surface area contributed by atoms with Gasteiger partial charge in [-0.15, -0.1) is 17.0 Å². The van der Waals surface area contributed by atoms with Crippen LogP contribution in [0.1, 0.15) is 0 Å². The Labute approximate surface area is 73.3 Å².